The van der Waals surface area contributed by atoms with Crippen LogP contribution in [0, 0.1) is 11.8 Å². The number of piperidine rings is 1. The summed E-state index contributed by atoms with van der Waals surface area (Å²) in [5.41, 5.74) is 1.53. The first-order chi connectivity index (χ1) is 16.1. The van der Waals surface area contributed by atoms with E-state index < -0.39 is 0 Å². The zero-order chi connectivity index (χ0) is 22.8. The molecule has 2 aromatic heterocycles. The van der Waals surface area contributed by atoms with Gasteiger partial charge in [-0.1, -0.05) is 20.8 Å². The molecule has 6 nitrogen and oxygen atoms in total. The van der Waals surface area contributed by atoms with Crippen LogP contribution in [0.15, 0.2) is 0 Å². The molecule has 0 amide bonds. The Morgan fingerprint density at radius 2 is 1.76 bits per heavy atom. The van der Waals surface area contributed by atoms with Crippen LogP contribution in [0.5, 0.6) is 0 Å². The van der Waals surface area contributed by atoms with E-state index >= 15 is 0 Å². The van der Waals surface area contributed by atoms with Gasteiger partial charge in [0.2, 0.25) is 0 Å². The van der Waals surface area contributed by atoms with Crippen LogP contribution >= 0.6 is 11.3 Å². The number of nitrogens with one attached hydrogen (secondary N) is 1. The Labute approximate surface area is 203 Å². The number of nitrogens with zero attached hydrogens (tertiary/aromatic N) is 5. The Morgan fingerprint density at radius 1 is 1.00 bits per heavy atom. The van der Waals surface area contributed by atoms with Gasteiger partial charge in [0.15, 0.2) is 0 Å². The van der Waals surface area contributed by atoms with Crippen LogP contribution in [0.25, 0.3) is 10.2 Å². The standard InChI is InChI=1S/C26H42N6S/c1-4-30-12-14-32(15-13-30)17-20(3)16-27-25-24-21-6-5-7-22(21)33-26(24)29-23(28-25)18-31-10-8-19(2)9-11-31/h19-20H,4-18H2,1-3H3,(H,27,28,29)/t20-/m0/s1. The van der Waals surface area contributed by atoms with E-state index in [-0.39, 0.29) is 0 Å². The number of fused-ring (bicyclic) bond motifs is 3. The molecule has 2 saturated heterocycles. The van der Waals surface area contributed by atoms with Gasteiger partial charge < -0.3 is 15.1 Å². The minimum absolute atomic E-state index is 0.599. The minimum atomic E-state index is 0.599. The highest BCUT2D eigenvalue weighted by molar-refractivity contribution is 7.19. The van der Waals surface area contributed by atoms with Crippen molar-refractivity contribution in [2.24, 2.45) is 11.8 Å². The van der Waals surface area contributed by atoms with Crippen LogP contribution in [-0.2, 0) is 19.4 Å². The fourth-order valence-electron chi connectivity index (χ4n) is 5.72. The van der Waals surface area contributed by atoms with Crippen molar-refractivity contribution in [1.82, 2.24) is 24.7 Å². The van der Waals surface area contributed by atoms with Gasteiger partial charge in [-0.3, -0.25) is 4.90 Å². The Balaban J connectivity index is 1.27. The maximum absolute atomic E-state index is 5.13. The summed E-state index contributed by atoms with van der Waals surface area (Å²) in [4.78, 5) is 20.7. The summed E-state index contributed by atoms with van der Waals surface area (Å²) in [5, 5.41) is 5.12. The largest absolute Gasteiger partial charge is 0.369 e. The Morgan fingerprint density at radius 3 is 2.52 bits per heavy atom. The van der Waals surface area contributed by atoms with Crippen molar-refractivity contribution in [2.45, 2.75) is 59.4 Å². The summed E-state index contributed by atoms with van der Waals surface area (Å²) in [6.07, 6.45) is 6.28. The van der Waals surface area contributed by atoms with E-state index in [0.717, 1.165) is 30.6 Å². The van der Waals surface area contributed by atoms with Crippen molar-refractivity contribution >= 4 is 27.4 Å². The SMILES string of the molecule is CCN1CCN(C[C@@H](C)CNc2nc(CN3CCC(C)CC3)nc3sc4c(c23)CCC4)CC1. The smallest absolute Gasteiger partial charge is 0.146 e. The van der Waals surface area contributed by atoms with E-state index in [0.29, 0.717) is 5.92 Å². The molecule has 182 valence electrons. The fourth-order valence-corrected chi connectivity index (χ4v) is 7.00. The molecule has 1 N–H and O–H groups in total. The minimum Gasteiger partial charge on any atom is -0.369 e. The van der Waals surface area contributed by atoms with Crippen molar-refractivity contribution in [1.29, 1.82) is 0 Å². The van der Waals surface area contributed by atoms with Crippen molar-refractivity contribution in [2.75, 3.05) is 64.2 Å². The highest BCUT2D eigenvalue weighted by Crippen LogP contribution is 2.39. The third-order valence-corrected chi connectivity index (χ3v) is 9.14. The number of aromatic nitrogens is 2. The maximum Gasteiger partial charge on any atom is 0.146 e. The van der Waals surface area contributed by atoms with E-state index in [4.69, 9.17) is 9.97 Å². The van der Waals surface area contributed by atoms with Gasteiger partial charge >= 0.3 is 0 Å². The molecule has 33 heavy (non-hydrogen) atoms. The zero-order valence-electron chi connectivity index (χ0n) is 20.9. The molecule has 2 aliphatic heterocycles. The monoisotopic (exact) mass is 470 g/mol. The van der Waals surface area contributed by atoms with E-state index in [2.05, 4.69) is 40.8 Å². The molecule has 2 aromatic rings. The number of thiophene rings is 1. The molecule has 3 aliphatic rings. The van der Waals surface area contributed by atoms with Crippen molar-refractivity contribution < 1.29 is 0 Å². The molecular weight excluding hydrogens is 428 g/mol. The van der Waals surface area contributed by atoms with Gasteiger partial charge in [-0.25, -0.2) is 9.97 Å². The maximum atomic E-state index is 5.13. The highest BCUT2D eigenvalue weighted by Gasteiger charge is 2.24. The lowest BCUT2D eigenvalue weighted by Gasteiger charge is -2.35. The molecule has 4 heterocycles. The number of aryl methyl sites for hydroxylation is 2. The van der Waals surface area contributed by atoms with E-state index in [9.17, 15) is 0 Å². The molecule has 0 bridgehead atoms. The van der Waals surface area contributed by atoms with Gasteiger partial charge in [0, 0.05) is 44.1 Å². The average molecular weight is 471 g/mol. The molecular formula is C26H42N6S. The third kappa shape index (κ3) is 5.53. The second kappa shape index (κ2) is 10.5. The quantitative estimate of drug-likeness (QED) is 0.627. The number of rotatable bonds is 8. The lowest BCUT2D eigenvalue weighted by atomic mass is 9.99. The molecule has 7 heteroatoms. The first-order valence-corrected chi connectivity index (χ1v) is 14.1. The Bertz CT molecular complexity index is 926. The normalized spacial score (nSPS) is 22.2. The molecule has 0 unspecified atom stereocenters. The number of hydrogen-bond donors (Lipinski definition) is 1. The van der Waals surface area contributed by atoms with E-state index in [1.807, 2.05) is 11.3 Å². The molecule has 0 radical (unpaired) electrons. The summed E-state index contributed by atoms with van der Waals surface area (Å²) in [6.45, 7) is 18.4. The molecule has 1 aliphatic carbocycles. The third-order valence-electron chi connectivity index (χ3n) is 7.95. The number of piperazine rings is 1. The zero-order valence-corrected chi connectivity index (χ0v) is 21.7. The van der Waals surface area contributed by atoms with Crippen LogP contribution in [-0.4, -0.2) is 83.6 Å². The molecule has 0 spiro atoms. The van der Waals surface area contributed by atoms with Crippen LogP contribution in [0.3, 0.4) is 0 Å². The second-order valence-electron chi connectivity index (χ2n) is 10.7. The lowest BCUT2D eigenvalue weighted by molar-refractivity contribution is 0.126. The predicted octanol–water partition coefficient (Wildman–Crippen LogP) is 4.10. The van der Waals surface area contributed by atoms with E-state index in [1.165, 1.54) is 100 Å². The van der Waals surface area contributed by atoms with Crippen molar-refractivity contribution in [3.8, 4) is 0 Å². The summed E-state index contributed by atoms with van der Waals surface area (Å²) in [5.74, 6) is 3.56. The average Bonchev–Trinajstić information content (AvgIpc) is 3.41. The van der Waals surface area contributed by atoms with E-state index in [1.54, 1.807) is 4.88 Å². The molecule has 1 atom stereocenters. The lowest BCUT2D eigenvalue weighted by Crippen LogP contribution is -2.47. The van der Waals surface area contributed by atoms with Gasteiger partial charge in [0.25, 0.3) is 0 Å². The molecule has 5 rings (SSSR count). The van der Waals surface area contributed by atoms with Crippen molar-refractivity contribution in [3.63, 3.8) is 0 Å². The van der Waals surface area contributed by atoms with Crippen LogP contribution in [0.1, 0.15) is 56.3 Å². The molecule has 0 aromatic carbocycles. The Kier molecular flexibility index (Phi) is 7.50. The number of likely N-dealkylation sites (N-methyl/N-ethyl adjacent to an activating group) is 1. The second-order valence-corrected chi connectivity index (χ2v) is 11.8. The summed E-state index contributed by atoms with van der Waals surface area (Å²) >= 11 is 1.92. The summed E-state index contributed by atoms with van der Waals surface area (Å²) in [6, 6.07) is 0. The van der Waals surface area contributed by atoms with Crippen LogP contribution in [0.2, 0.25) is 0 Å². The van der Waals surface area contributed by atoms with Gasteiger partial charge in [0.05, 0.1) is 11.9 Å². The summed E-state index contributed by atoms with van der Waals surface area (Å²) in [7, 11) is 0. The van der Waals surface area contributed by atoms with Gasteiger partial charge in [0.1, 0.15) is 16.5 Å². The number of hydrogen-bond acceptors (Lipinski definition) is 7. The highest BCUT2D eigenvalue weighted by atomic mass is 32.1. The molecule has 2 fully saturated rings. The predicted molar refractivity (Wildman–Crippen MR) is 139 cm³/mol. The van der Waals surface area contributed by atoms with Gasteiger partial charge in [-0.15, -0.1) is 11.3 Å². The topological polar surface area (TPSA) is 47.5 Å². The fraction of sp³-hybridized carbons (Fsp3) is 0.769. The van der Waals surface area contributed by atoms with Crippen LogP contribution in [0.4, 0.5) is 5.82 Å². The number of likely N-dealkylation sites (tertiary alicyclic amines) is 1. The Hall–Kier alpha value is -1.28. The van der Waals surface area contributed by atoms with Crippen LogP contribution < -0.4 is 5.32 Å². The number of anilines is 1. The van der Waals surface area contributed by atoms with Crippen molar-refractivity contribution in [3.05, 3.63) is 16.3 Å². The first-order valence-electron chi connectivity index (χ1n) is 13.3. The summed E-state index contributed by atoms with van der Waals surface area (Å²) < 4.78 is 0. The first kappa shape index (κ1) is 23.5. The molecule has 0 saturated carbocycles. The van der Waals surface area contributed by atoms with Gasteiger partial charge in [-0.05, 0) is 69.1 Å². The van der Waals surface area contributed by atoms with Gasteiger partial charge in [-0.2, -0.15) is 0 Å².